The zero-order valence-corrected chi connectivity index (χ0v) is 13.6. The van der Waals surface area contributed by atoms with E-state index in [1.54, 1.807) is 0 Å². The molecule has 0 aliphatic carbocycles. The summed E-state index contributed by atoms with van der Waals surface area (Å²) in [6.45, 7) is 3.40. The Bertz CT molecular complexity index is 525. The van der Waals surface area contributed by atoms with Crippen LogP contribution < -0.4 is 10.2 Å². The fourth-order valence-electron chi connectivity index (χ4n) is 2.60. The molecule has 2 rings (SSSR count). The Kier molecular flexibility index (Phi) is 5.41. The summed E-state index contributed by atoms with van der Waals surface area (Å²) in [5.41, 5.74) is 1.86. The lowest BCUT2D eigenvalue weighted by molar-refractivity contribution is -0.128. The zero-order chi connectivity index (χ0) is 16.1. The predicted octanol–water partition coefficient (Wildman–Crippen LogP) is 2.34. The molecule has 5 heteroatoms. The number of unbranched alkanes of at least 4 members (excludes halogenated alkanes) is 1. The van der Waals surface area contributed by atoms with Gasteiger partial charge in [-0.1, -0.05) is 13.3 Å². The first-order valence-electron chi connectivity index (χ1n) is 7.87. The smallest absolute Gasteiger partial charge is 0.229 e. The van der Waals surface area contributed by atoms with Crippen LogP contribution in [0.2, 0.25) is 0 Å². The number of amides is 2. The molecular weight excluding hydrogens is 278 g/mol. The van der Waals surface area contributed by atoms with E-state index < -0.39 is 0 Å². The van der Waals surface area contributed by atoms with E-state index in [4.69, 9.17) is 0 Å². The molecule has 1 saturated heterocycles. The molecule has 2 amide bonds. The molecule has 0 radical (unpaired) electrons. The van der Waals surface area contributed by atoms with Gasteiger partial charge in [0.05, 0.1) is 5.92 Å². The molecule has 1 heterocycles. The lowest BCUT2D eigenvalue weighted by Crippen LogP contribution is -2.29. The van der Waals surface area contributed by atoms with Crippen molar-refractivity contribution in [2.45, 2.75) is 26.2 Å². The summed E-state index contributed by atoms with van der Waals surface area (Å²) in [6.07, 6.45) is 2.37. The molecule has 1 fully saturated rings. The molecule has 1 unspecified atom stereocenters. The van der Waals surface area contributed by atoms with Crippen molar-refractivity contribution in [3.8, 4) is 0 Å². The van der Waals surface area contributed by atoms with Crippen LogP contribution in [-0.4, -0.2) is 43.9 Å². The first kappa shape index (κ1) is 16.3. The van der Waals surface area contributed by atoms with E-state index in [9.17, 15) is 9.59 Å². The molecule has 0 aromatic heterocycles. The summed E-state index contributed by atoms with van der Waals surface area (Å²) < 4.78 is 0. The maximum Gasteiger partial charge on any atom is 0.229 e. The minimum absolute atomic E-state index is 0.0649. The number of nitrogens with zero attached hydrogens (tertiary/aromatic N) is 2. The molecule has 0 saturated carbocycles. The van der Waals surface area contributed by atoms with Crippen LogP contribution >= 0.6 is 0 Å². The van der Waals surface area contributed by atoms with Crippen LogP contribution in [0.3, 0.4) is 0 Å². The monoisotopic (exact) mass is 303 g/mol. The topological polar surface area (TPSA) is 52.7 Å². The molecule has 5 nitrogen and oxygen atoms in total. The van der Waals surface area contributed by atoms with Crippen molar-refractivity contribution in [2.24, 2.45) is 5.92 Å². The molecule has 120 valence electrons. The quantitative estimate of drug-likeness (QED) is 0.877. The molecular formula is C17H25N3O2. The van der Waals surface area contributed by atoms with Crippen molar-refractivity contribution in [2.75, 3.05) is 37.4 Å². The summed E-state index contributed by atoms with van der Waals surface area (Å²) in [6, 6.07) is 7.70. The fourth-order valence-corrected chi connectivity index (χ4v) is 2.60. The van der Waals surface area contributed by atoms with Gasteiger partial charge in [-0.3, -0.25) is 9.59 Å². The Hall–Kier alpha value is -2.04. The first-order valence-corrected chi connectivity index (χ1v) is 7.87. The molecule has 1 aromatic rings. The third-order valence-corrected chi connectivity index (χ3v) is 4.02. The van der Waals surface area contributed by atoms with Crippen molar-refractivity contribution in [1.82, 2.24) is 4.90 Å². The number of anilines is 2. The summed E-state index contributed by atoms with van der Waals surface area (Å²) in [7, 11) is 3.95. The third kappa shape index (κ3) is 4.00. The van der Waals surface area contributed by atoms with Crippen molar-refractivity contribution in [1.29, 1.82) is 0 Å². The summed E-state index contributed by atoms with van der Waals surface area (Å²) in [4.78, 5) is 28.0. The minimum Gasteiger partial charge on any atom is -0.378 e. The Morgan fingerprint density at radius 3 is 2.59 bits per heavy atom. The van der Waals surface area contributed by atoms with E-state index in [-0.39, 0.29) is 17.7 Å². The summed E-state index contributed by atoms with van der Waals surface area (Å²) in [5.74, 6) is -0.209. The van der Waals surface area contributed by atoms with Crippen molar-refractivity contribution >= 4 is 23.2 Å². The second-order valence-electron chi connectivity index (χ2n) is 6.02. The van der Waals surface area contributed by atoms with Gasteiger partial charge in [-0.2, -0.15) is 0 Å². The molecule has 1 aliphatic heterocycles. The SMILES string of the molecule is CCCCN1CC(C(=O)Nc2ccc(N(C)C)cc2)CC1=O. The number of rotatable bonds is 6. The Labute approximate surface area is 132 Å². The van der Waals surface area contributed by atoms with Gasteiger partial charge in [0.15, 0.2) is 0 Å². The normalized spacial score (nSPS) is 17.7. The van der Waals surface area contributed by atoms with Crippen LogP contribution in [-0.2, 0) is 9.59 Å². The average molecular weight is 303 g/mol. The van der Waals surface area contributed by atoms with E-state index in [1.807, 2.05) is 48.2 Å². The van der Waals surface area contributed by atoms with Crippen molar-refractivity contribution in [3.63, 3.8) is 0 Å². The number of likely N-dealkylation sites (tertiary alicyclic amines) is 1. The summed E-state index contributed by atoms with van der Waals surface area (Å²) in [5, 5.41) is 2.91. The van der Waals surface area contributed by atoms with E-state index in [2.05, 4.69) is 12.2 Å². The fraction of sp³-hybridized carbons (Fsp3) is 0.529. The minimum atomic E-state index is -0.238. The van der Waals surface area contributed by atoms with Crippen molar-refractivity contribution < 1.29 is 9.59 Å². The molecule has 1 aliphatic rings. The Balaban J connectivity index is 1.91. The summed E-state index contributed by atoms with van der Waals surface area (Å²) >= 11 is 0. The highest BCUT2D eigenvalue weighted by atomic mass is 16.2. The number of hydrogen-bond acceptors (Lipinski definition) is 3. The third-order valence-electron chi connectivity index (χ3n) is 4.02. The van der Waals surface area contributed by atoms with Crippen LogP contribution in [0.4, 0.5) is 11.4 Å². The number of benzene rings is 1. The number of nitrogens with one attached hydrogen (secondary N) is 1. The van der Waals surface area contributed by atoms with E-state index in [0.29, 0.717) is 13.0 Å². The largest absolute Gasteiger partial charge is 0.378 e. The van der Waals surface area contributed by atoms with E-state index in [1.165, 1.54) is 0 Å². The Morgan fingerprint density at radius 2 is 2.00 bits per heavy atom. The van der Waals surface area contributed by atoms with Gasteiger partial charge in [-0.25, -0.2) is 0 Å². The van der Waals surface area contributed by atoms with E-state index in [0.717, 1.165) is 30.8 Å². The van der Waals surface area contributed by atoms with Gasteiger partial charge in [-0.15, -0.1) is 0 Å². The van der Waals surface area contributed by atoms with Gasteiger partial charge in [-0.05, 0) is 30.7 Å². The molecule has 1 aromatic carbocycles. The molecule has 0 spiro atoms. The predicted molar refractivity (Wildman–Crippen MR) is 89.0 cm³/mol. The lowest BCUT2D eigenvalue weighted by atomic mass is 10.1. The molecule has 1 N–H and O–H groups in total. The van der Waals surface area contributed by atoms with Gasteiger partial charge in [0.25, 0.3) is 0 Å². The second kappa shape index (κ2) is 7.29. The second-order valence-corrected chi connectivity index (χ2v) is 6.02. The highest BCUT2D eigenvalue weighted by Crippen LogP contribution is 2.21. The number of carbonyl (C=O) groups is 2. The van der Waals surface area contributed by atoms with Gasteiger partial charge in [0.1, 0.15) is 0 Å². The molecule has 1 atom stereocenters. The first-order chi connectivity index (χ1) is 10.5. The van der Waals surface area contributed by atoms with Crippen LogP contribution in [0, 0.1) is 5.92 Å². The standard InChI is InChI=1S/C17H25N3O2/c1-4-5-10-20-12-13(11-16(20)21)17(22)18-14-6-8-15(9-7-14)19(2)3/h6-9,13H,4-5,10-12H2,1-3H3,(H,18,22). The van der Waals surface area contributed by atoms with Gasteiger partial charge in [0, 0.05) is 45.0 Å². The van der Waals surface area contributed by atoms with Crippen molar-refractivity contribution in [3.05, 3.63) is 24.3 Å². The van der Waals surface area contributed by atoms with Crippen LogP contribution in [0.5, 0.6) is 0 Å². The molecule has 22 heavy (non-hydrogen) atoms. The van der Waals surface area contributed by atoms with Crippen LogP contribution in [0.25, 0.3) is 0 Å². The van der Waals surface area contributed by atoms with E-state index >= 15 is 0 Å². The van der Waals surface area contributed by atoms with Gasteiger partial charge >= 0.3 is 0 Å². The Morgan fingerprint density at radius 1 is 1.32 bits per heavy atom. The zero-order valence-electron chi connectivity index (χ0n) is 13.6. The average Bonchev–Trinajstić information content (AvgIpc) is 2.87. The highest BCUT2D eigenvalue weighted by Gasteiger charge is 2.33. The maximum atomic E-state index is 12.3. The van der Waals surface area contributed by atoms with Crippen LogP contribution in [0.15, 0.2) is 24.3 Å². The van der Waals surface area contributed by atoms with Crippen LogP contribution in [0.1, 0.15) is 26.2 Å². The number of carbonyl (C=O) groups excluding carboxylic acids is 2. The highest BCUT2D eigenvalue weighted by molar-refractivity contribution is 5.97. The van der Waals surface area contributed by atoms with Gasteiger partial charge < -0.3 is 15.1 Å². The lowest BCUT2D eigenvalue weighted by Gasteiger charge is -2.16. The maximum absolute atomic E-state index is 12.3. The van der Waals surface area contributed by atoms with Gasteiger partial charge in [0.2, 0.25) is 11.8 Å². The molecule has 0 bridgehead atoms. The number of hydrogen-bond donors (Lipinski definition) is 1.